The highest BCUT2D eigenvalue weighted by molar-refractivity contribution is 5.70. The van der Waals surface area contributed by atoms with Crippen molar-refractivity contribution in [1.29, 1.82) is 0 Å². The summed E-state index contributed by atoms with van der Waals surface area (Å²) in [7, 11) is 1.63. The zero-order chi connectivity index (χ0) is 13.9. The van der Waals surface area contributed by atoms with Crippen molar-refractivity contribution in [3.05, 3.63) is 36.5 Å². The lowest BCUT2D eigenvalue weighted by atomic mass is 10.1. The highest BCUT2D eigenvalue weighted by atomic mass is 16.5. The fourth-order valence-electron chi connectivity index (χ4n) is 2.58. The second-order valence-corrected chi connectivity index (χ2v) is 5.06. The molecule has 0 saturated carbocycles. The number of pyridine rings is 1. The maximum absolute atomic E-state index is 5.84. The first-order valence-corrected chi connectivity index (χ1v) is 6.93. The smallest absolute Gasteiger partial charge is 0.142 e. The van der Waals surface area contributed by atoms with E-state index in [9.17, 15) is 0 Å². The van der Waals surface area contributed by atoms with Crippen LogP contribution in [-0.4, -0.2) is 25.2 Å². The monoisotopic (exact) mass is 269 g/mol. The molecule has 1 fully saturated rings. The lowest BCUT2D eigenvalue weighted by Gasteiger charge is -2.16. The summed E-state index contributed by atoms with van der Waals surface area (Å²) in [6, 6.07) is 9.99. The number of ether oxygens (including phenoxy) is 1. The van der Waals surface area contributed by atoms with Crippen LogP contribution in [0.1, 0.15) is 12.8 Å². The van der Waals surface area contributed by atoms with Crippen LogP contribution in [0.3, 0.4) is 0 Å². The van der Waals surface area contributed by atoms with E-state index >= 15 is 0 Å². The number of anilines is 2. The summed E-state index contributed by atoms with van der Waals surface area (Å²) in [5.74, 6) is 1.76. The molecule has 1 saturated heterocycles. The summed E-state index contributed by atoms with van der Waals surface area (Å²) in [6.07, 6.45) is 4.44. The van der Waals surface area contributed by atoms with Crippen LogP contribution in [0, 0.1) is 0 Å². The standard InChI is InChI=1S/C16H19N3O/c1-20-15-10-12(4-6-14(15)17)13-5-7-16(18-11-13)19-8-2-3-9-19/h4-7,10-11H,2-3,8-9,17H2,1H3. The molecule has 0 unspecified atom stereocenters. The van der Waals surface area contributed by atoms with Crippen molar-refractivity contribution in [3.63, 3.8) is 0 Å². The largest absolute Gasteiger partial charge is 0.495 e. The molecule has 3 rings (SSSR count). The van der Waals surface area contributed by atoms with Crippen molar-refractivity contribution >= 4 is 11.5 Å². The number of nitrogens with zero attached hydrogens (tertiary/aromatic N) is 2. The number of aromatic nitrogens is 1. The van der Waals surface area contributed by atoms with Gasteiger partial charge in [0.05, 0.1) is 12.8 Å². The van der Waals surface area contributed by atoms with Gasteiger partial charge in [-0.1, -0.05) is 6.07 Å². The molecule has 0 atom stereocenters. The quantitative estimate of drug-likeness (QED) is 0.870. The van der Waals surface area contributed by atoms with Gasteiger partial charge < -0.3 is 15.4 Å². The topological polar surface area (TPSA) is 51.4 Å². The molecule has 1 aromatic carbocycles. The Morgan fingerprint density at radius 1 is 1.10 bits per heavy atom. The molecule has 4 nitrogen and oxygen atoms in total. The van der Waals surface area contributed by atoms with Crippen LogP contribution in [0.4, 0.5) is 11.5 Å². The number of methoxy groups -OCH3 is 1. The molecule has 2 heterocycles. The van der Waals surface area contributed by atoms with Crippen LogP contribution in [0.15, 0.2) is 36.5 Å². The molecule has 0 spiro atoms. The van der Waals surface area contributed by atoms with Crippen molar-refractivity contribution in [2.75, 3.05) is 30.8 Å². The highest BCUT2D eigenvalue weighted by Gasteiger charge is 2.13. The molecule has 0 bridgehead atoms. The molecule has 0 radical (unpaired) electrons. The summed E-state index contributed by atoms with van der Waals surface area (Å²) >= 11 is 0. The minimum absolute atomic E-state index is 0.651. The Kier molecular flexibility index (Phi) is 3.46. The molecule has 1 aliphatic rings. The first-order valence-electron chi connectivity index (χ1n) is 6.93. The Hall–Kier alpha value is -2.23. The minimum Gasteiger partial charge on any atom is -0.495 e. The molecule has 1 aliphatic heterocycles. The van der Waals surface area contributed by atoms with Crippen LogP contribution < -0.4 is 15.4 Å². The Balaban J connectivity index is 1.87. The van der Waals surface area contributed by atoms with Gasteiger partial charge in [0, 0.05) is 24.8 Å². The second kappa shape index (κ2) is 5.41. The van der Waals surface area contributed by atoms with E-state index in [1.807, 2.05) is 24.4 Å². The number of nitrogens with two attached hydrogens (primary N) is 1. The van der Waals surface area contributed by atoms with E-state index in [2.05, 4.69) is 22.0 Å². The summed E-state index contributed by atoms with van der Waals surface area (Å²) in [4.78, 5) is 6.90. The number of hydrogen-bond donors (Lipinski definition) is 1. The summed E-state index contributed by atoms with van der Waals surface area (Å²) < 4.78 is 5.26. The van der Waals surface area contributed by atoms with Crippen LogP contribution in [0.25, 0.3) is 11.1 Å². The number of hydrogen-bond acceptors (Lipinski definition) is 4. The van der Waals surface area contributed by atoms with Crippen molar-refractivity contribution in [2.45, 2.75) is 12.8 Å². The first-order chi connectivity index (χ1) is 9.78. The predicted molar refractivity (Wildman–Crippen MR) is 82.1 cm³/mol. The third-order valence-corrected chi connectivity index (χ3v) is 3.74. The Bertz CT molecular complexity index is 589. The van der Waals surface area contributed by atoms with E-state index in [1.165, 1.54) is 12.8 Å². The van der Waals surface area contributed by atoms with Gasteiger partial charge in [0.25, 0.3) is 0 Å². The third-order valence-electron chi connectivity index (χ3n) is 3.74. The Morgan fingerprint density at radius 3 is 2.50 bits per heavy atom. The maximum atomic E-state index is 5.84. The number of benzene rings is 1. The molecule has 20 heavy (non-hydrogen) atoms. The Labute approximate surface area is 119 Å². The summed E-state index contributed by atoms with van der Waals surface area (Å²) in [6.45, 7) is 2.23. The lowest BCUT2D eigenvalue weighted by molar-refractivity contribution is 0.417. The first kappa shape index (κ1) is 12.8. The van der Waals surface area contributed by atoms with E-state index in [0.29, 0.717) is 11.4 Å². The van der Waals surface area contributed by atoms with Crippen molar-refractivity contribution in [1.82, 2.24) is 4.98 Å². The van der Waals surface area contributed by atoms with Gasteiger partial charge in [-0.3, -0.25) is 0 Å². The average molecular weight is 269 g/mol. The molecule has 2 aromatic rings. The van der Waals surface area contributed by atoms with Gasteiger partial charge in [-0.25, -0.2) is 4.98 Å². The third kappa shape index (κ3) is 2.41. The van der Waals surface area contributed by atoms with E-state index in [1.54, 1.807) is 7.11 Å². The molecule has 1 aromatic heterocycles. The van der Waals surface area contributed by atoms with Gasteiger partial charge in [0.2, 0.25) is 0 Å². The molecule has 0 amide bonds. The lowest BCUT2D eigenvalue weighted by Crippen LogP contribution is -2.18. The van der Waals surface area contributed by atoms with Crippen molar-refractivity contribution in [3.8, 4) is 16.9 Å². The molecule has 104 valence electrons. The van der Waals surface area contributed by atoms with Crippen LogP contribution >= 0.6 is 0 Å². The number of nitrogen functional groups attached to an aromatic ring is 1. The fourth-order valence-corrected chi connectivity index (χ4v) is 2.58. The highest BCUT2D eigenvalue weighted by Crippen LogP contribution is 2.29. The van der Waals surface area contributed by atoms with Gasteiger partial charge in [0.15, 0.2) is 0 Å². The van der Waals surface area contributed by atoms with Crippen LogP contribution in [-0.2, 0) is 0 Å². The summed E-state index contributed by atoms with van der Waals surface area (Å²) in [5.41, 5.74) is 8.63. The van der Waals surface area contributed by atoms with E-state index in [-0.39, 0.29) is 0 Å². The zero-order valence-electron chi connectivity index (χ0n) is 11.7. The Morgan fingerprint density at radius 2 is 1.85 bits per heavy atom. The van der Waals surface area contributed by atoms with Gasteiger partial charge in [-0.05, 0) is 42.7 Å². The molecular formula is C16H19N3O. The van der Waals surface area contributed by atoms with E-state index in [4.69, 9.17) is 10.5 Å². The molecule has 2 N–H and O–H groups in total. The van der Waals surface area contributed by atoms with E-state index in [0.717, 1.165) is 30.0 Å². The molecule has 0 aliphatic carbocycles. The second-order valence-electron chi connectivity index (χ2n) is 5.06. The van der Waals surface area contributed by atoms with Gasteiger partial charge in [-0.2, -0.15) is 0 Å². The zero-order valence-corrected chi connectivity index (χ0v) is 11.7. The summed E-state index contributed by atoms with van der Waals surface area (Å²) in [5, 5.41) is 0. The maximum Gasteiger partial charge on any atom is 0.142 e. The average Bonchev–Trinajstić information content (AvgIpc) is 3.02. The van der Waals surface area contributed by atoms with Gasteiger partial charge in [-0.15, -0.1) is 0 Å². The van der Waals surface area contributed by atoms with E-state index < -0.39 is 0 Å². The van der Waals surface area contributed by atoms with Crippen molar-refractivity contribution in [2.24, 2.45) is 0 Å². The minimum atomic E-state index is 0.651. The fraction of sp³-hybridized carbons (Fsp3) is 0.312. The molecule has 4 heteroatoms. The SMILES string of the molecule is COc1cc(-c2ccc(N3CCCC3)nc2)ccc1N. The van der Waals surface area contributed by atoms with Crippen LogP contribution in [0.2, 0.25) is 0 Å². The van der Waals surface area contributed by atoms with Crippen molar-refractivity contribution < 1.29 is 4.74 Å². The number of rotatable bonds is 3. The predicted octanol–water partition coefficient (Wildman–Crippen LogP) is 2.94. The van der Waals surface area contributed by atoms with Gasteiger partial charge >= 0.3 is 0 Å². The van der Waals surface area contributed by atoms with Gasteiger partial charge in [0.1, 0.15) is 11.6 Å². The molecular weight excluding hydrogens is 250 g/mol. The van der Waals surface area contributed by atoms with Crippen LogP contribution in [0.5, 0.6) is 5.75 Å². The normalized spacial score (nSPS) is 14.6.